The number of nitrogens with one attached hydrogen (secondary N) is 2. The molecule has 4 atom stereocenters. The fourth-order valence-corrected chi connectivity index (χ4v) is 5.04. The maximum Gasteiger partial charge on any atom is 0.243 e. The van der Waals surface area contributed by atoms with Crippen molar-refractivity contribution < 1.29 is 39.6 Å². The van der Waals surface area contributed by atoms with E-state index in [9.17, 15) is 24.9 Å². The van der Waals surface area contributed by atoms with Crippen LogP contribution in [0.15, 0.2) is 72.8 Å². The van der Waals surface area contributed by atoms with Crippen LogP contribution >= 0.6 is 0 Å². The number of hydrogen-bond acceptors (Lipinski definition) is 9. The number of aliphatic hydroxyl groups is 2. The second-order valence-corrected chi connectivity index (χ2v) is 10.7. The molecule has 0 radical (unpaired) electrons. The molecular weight excluding hydrogens is 554 g/mol. The summed E-state index contributed by atoms with van der Waals surface area (Å²) in [5, 5.41) is 41.4. The number of rotatable bonds is 13. The van der Waals surface area contributed by atoms with Crippen molar-refractivity contribution in [1.29, 1.82) is 0 Å². The lowest BCUT2D eigenvalue weighted by molar-refractivity contribution is -0.252. The first-order valence-electron chi connectivity index (χ1n) is 14.2. The van der Waals surface area contributed by atoms with Gasteiger partial charge in [-0.2, -0.15) is 0 Å². The number of aliphatic hydroxyl groups excluding tert-OH is 2. The zero-order chi connectivity index (χ0) is 30.8. The van der Waals surface area contributed by atoms with Gasteiger partial charge in [0.2, 0.25) is 11.8 Å². The Labute approximate surface area is 250 Å². The van der Waals surface area contributed by atoms with Gasteiger partial charge in [-0.05, 0) is 54.4 Å². The molecule has 6 N–H and O–H groups in total. The minimum Gasteiger partial charge on any atom is -0.508 e. The van der Waals surface area contributed by atoms with Gasteiger partial charge < -0.3 is 35.0 Å². The number of amides is 2. The smallest absolute Gasteiger partial charge is 0.243 e. The van der Waals surface area contributed by atoms with Crippen LogP contribution in [0.4, 0.5) is 5.69 Å². The molecule has 3 aromatic carbocycles. The quantitative estimate of drug-likeness (QED) is 0.128. The molecule has 0 aliphatic carbocycles. The van der Waals surface area contributed by atoms with Crippen molar-refractivity contribution in [3.8, 4) is 5.75 Å². The number of anilines is 1. The van der Waals surface area contributed by atoms with Gasteiger partial charge in [0, 0.05) is 43.6 Å². The number of benzene rings is 3. The monoisotopic (exact) mass is 593 g/mol. The third-order valence-corrected chi connectivity index (χ3v) is 7.24. The SMILES string of the molecule is CN(C[C@@H]1C[C@H](c2ccc(CO)cc2)O[C@H](c2cccc(NC(=O)CCCC(=O)NO)c2)O1)C[C@@H](O)c1cccc(O)c1. The van der Waals surface area contributed by atoms with Crippen LogP contribution in [0.1, 0.15) is 66.4 Å². The molecule has 11 nitrogen and oxygen atoms in total. The molecule has 0 spiro atoms. The Hall–Kier alpha value is -3.84. The standard InChI is InChI=1S/C32H39N3O8/c1-35(19-28(38)23-5-3-8-26(37)16-23)18-27-17-29(22-13-11-21(20-36)12-14-22)43-32(42-27)24-6-2-7-25(15-24)33-30(39)9-4-10-31(40)34-41/h2-3,5-8,11-16,27-29,32,36-38,41H,4,9-10,17-20H2,1H3,(H,33,39)(H,34,40)/t27-,28+,29+,32+/m0/s1. The van der Waals surface area contributed by atoms with E-state index in [1.165, 1.54) is 0 Å². The summed E-state index contributed by atoms with van der Waals surface area (Å²) in [6.07, 6.45) is -1.12. The van der Waals surface area contributed by atoms with Crippen LogP contribution in [0, 0.1) is 0 Å². The molecule has 4 rings (SSSR count). The van der Waals surface area contributed by atoms with Crippen LogP contribution in [-0.4, -0.2) is 63.5 Å². The van der Waals surface area contributed by atoms with Crippen molar-refractivity contribution in [2.45, 2.75) is 56.9 Å². The number of carbonyl (C=O) groups excluding carboxylic acids is 2. The van der Waals surface area contributed by atoms with E-state index in [4.69, 9.17) is 14.7 Å². The van der Waals surface area contributed by atoms with Gasteiger partial charge in [0.15, 0.2) is 6.29 Å². The lowest BCUT2D eigenvalue weighted by Gasteiger charge is -2.38. The number of aromatic hydroxyl groups is 1. The highest BCUT2D eigenvalue weighted by atomic mass is 16.7. The topological polar surface area (TPSA) is 161 Å². The van der Waals surface area contributed by atoms with Crippen molar-refractivity contribution in [3.05, 3.63) is 95.1 Å². The summed E-state index contributed by atoms with van der Waals surface area (Å²) in [5.74, 6) is -0.714. The fraction of sp³-hybridized carbons (Fsp3) is 0.375. The Morgan fingerprint density at radius 3 is 2.44 bits per heavy atom. The molecule has 11 heteroatoms. The van der Waals surface area contributed by atoms with Gasteiger partial charge in [-0.25, -0.2) is 5.48 Å². The minimum absolute atomic E-state index is 0.0368. The third kappa shape index (κ3) is 9.58. The van der Waals surface area contributed by atoms with Crippen molar-refractivity contribution in [2.75, 3.05) is 25.5 Å². The zero-order valence-corrected chi connectivity index (χ0v) is 24.1. The second kappa shape index (κ2) is 15.6. The lowest BCUT2D eigenvalue weighted by Crippen LogP contribution is -2.39. The van der Waals surface area contributed by atoms with E-state index < -0.39 is 18.3 Å². The first-order valence-corrected chi connectivity index (χ1v) is 14.2. The van der Waals surface area contributed by atoms with E-state index in [-0.39, 0.29) is 43.3 Å². The molecule has 0 saturated carbocycles. The predicted octanol–water partition coefficient (Wildman–Crippen LogP) is 3.71. The van der Waals surface area contributed by atoms with E-state index in [1.54, 1.807) is 47.9 Å². The van der Waals surface area contributed by atoms with Crippen molar-refractivity contribution in [3.63, 3.8) is 0 Å². The Morgan fingerprint density at radius 2 is 1.72 bits per heavy atom. The van der Waals surface area contributed by atoms with Crippen LogP contribution in [-0.2, 0) is 25.7 Å². The summed E-state index contributed by atoms with van der Waals surface area (Å²) < 4.78 is 12.8. The number of phenolic OH excluding ortho intramolecular Hbond substituents is 1. The Balaban J connectivity index is 1.46. The van der Waals surface area contributed by atoms with Gasteiger partial charge in [0.1, 0.15) is 5.75 Å². The van der Waals surface area contributed by atoms with Crippen LogP contribution in [0.25, 0.3) is 0 Å². The van der Waals surface area contributed by atoms with Crippen LogP contribution in [0.2, 0.25) is 0 Å². The lowest BCUT2D eigenvalue weighted by atomic mass is 9.99. The molecular formula is C32H39N3O8. The molecule has 1 fully saturated rings. The number of nitrogens with zero attached hydrogens (tertiary/aromatic N) is 1. The van der Waals surface area contributed by atoms with Gasteiger partial charge >= 0.3 is 0 Å². The molecule has 1 saturated heterocycles. The summed E-state index contributed by atoms with van der Waals surface area (Å²) in [4.78, 5) is 25.6. The second-order valence-electron chi connectivity index (χ2n) is 10.7. The van der Waals surface area contributed by atoms with Crippen molar-refractivity contribution in [1.82, 2.24) is 10.4 Å². The van der Waals surface area contributed by atoms with E-state index in [1.807, 2.05) is 42.3 Å². The van der Waals surface area contributed by atoms with E-state index in [2.05, 4.69) is 5.32 Å². The van der Waals surface area contributed by atoms with E-state index >= 15 is 0 Å². The van der Waals surface area contributed by atoms with Gasteiger partial charge in [0.25, 0.3) is 0 Å². The van der Waals surface area contributed by atoms with E-state index in [0.29, 0.717) is 42.7 Å². The fourth-order valence-electron chi connectivity index (χ4n) is 5.04. The molecule has 0 bridgehead atoms. The first-order chi connectivity index (χ1) is 20.7. The molecule has 1 aliphatic heterocycles. The van der Waals surface area contributed by atoms with Crippen molar-refractivity contribution >= 4 is 17.5 Å². The van der Waals surface area contributed by atoms with Gasteiger partial charge in [-0.3, -0.25) is 14.8 Å². The Morgan fingerprint density at radius 1 is 0.977 bits per heavy atom. The average molecular weight is 594 g/mol. The number of likely N-dealkylation sites (N-methyl/N-ethyl adjacent to an activating group) is 1. The largest absolute Gasteiger partial charge is 0.508 e. The molecule has 3 aromatic rings. The average Bonchev–Trinajstić information content (AvgIpc) is 3.00. The van der Waals surface area contributed by atoms with Crippen LogP contribution in [0.3, 0.4) is 0 Å². The van der Waals surface area contributed by atoms with Crippen LogP contribution < -0.4 is 10.8 Å². The minimum atomic E-state index is -0.798. The number of carbonyl (C=O) groups is 2. The molecule has 1 heterocycles. The van der Waals surface area contributed by atoms with E-state index in [0.717, 1.165) is 11.1 Å². The highest BCUT2D eigenvalue weighted by Crippen LogP contribution is 2.38. The summed E-state index contributed by atoms with van der Waals surface area (Å²) in [5.41, 5.74) is 5.17. The predicted molar refractivity (Wildman–Crippen MR) is 158 cm³/mol. The molecule has 2 amide bonds. The molecule has 0 aromatic heterocycles. The highest BCUT2D eigenvalue weighted by Gasteiger charge is 2.33. The molecule has 0 unspecified atom stereocenters. The van der Waals surface area contributed by atoms with Gasteiger partial charge in [0.05, 0.1) is 24.9 Å². The normalized spacial score (nSPS) is 19.1. The Kier molecular flexibility index (Phi) is 11.6. The summed E-state index contributed by atoms with van der Waals surface area (Å²) in [6, 6.07) is 21.3. The third-order valence-electron chi connectivity index (χ3n) is 7.24. The van der Waals surface area contributed by atoms with Gasteiger partial charge in [-0.15, -0.1) is 0 Å². The highest BCUT2D eigenvalue weighted by molar-refractivity contribution is 5.91. The zero-order valence-electron chi connectivity index (χ0n) is 24.1. The maximum absolute atomic E-state index is 12.4. The molecule has 230 valence electrons. The van der Waals surface area contributed by atoms with Crippen molar-refractivity contribution in [2.24, 2.45) is 0 Å². The summed E-state index contributed by atoms with van der Waals surface area (Å²) in [7, 11) is 1.89. The molecule has 43 heavy (non-hydrogen) atoms. The molecule has 1 aliphatic rings. The number of hydrogen-bond donors (Lipinski definition) is 6. The Bertz CT molecular complexity index is 1350. The van der Waals surface area contributed by atoms with Gasteiger partial charge in [-0.1, -0.05) is 48.5 Å². The summed E-state index contributed by atoms with van der Waals surface area (Å²) in [6.45, 7) is 0.768. The first kappa shape index (κ1) is 32.1. The maximum atomic E-state index is 12.4. The number of hydroxylamine groups is 1. The number of ether oxygens (including phenoxy) is 2. The summed E-state index contributed by atoms with van der Waals surface area (Å²) >= 11 is 0. The van der Waals surface area contributed by atoms with Crippen LogP contribution in [0.5, 0.6) is 5.75 Å². The number of phenols is 1.